The highest BCUT2D eigenvalue weighted by Gasteiger charge is 2.21. The fourth-order valence-electron chi connectivity index (χ4n) is 4.34. The second-order valence-corrected chi connectivity index (χ2v) is 9.31. The van der Waals surface area contributed by atoms with Gasteiger partial charge in [-0.05, 0) is 52.7 Å². The molecule has 1 amide bonds. The van der Waals surface area contributed by atoms with Crippen LogP contribution in [0.25, 0.3) is 10.9 Å². The molecule has 0 radical (unpaired) electrons. The fourth-order valence-corrected chi connectivity index (χ4v) is 4.34. The molecule has 0 aromatic carbocycles. The van der Waals surface area contributed by atoms with Crippen LogP contribution in [0.4, 0.5) is 5.95 Å². The summed E-state index contributed by atoms with van der Waals surface area (Å²) in [5.41, 5.74) is 3.53. The van der Waals surface area contributed by atoms with E-state index in [-0.39, 0.29) is 18.0 Å². The number of aromatic nitrogens is 4. The number of amides is 1. The van der Waals surface area contributed by atoms with Crippen molar-refractivity contribution in [1.82, 2.24) is 24.8 Å². The minimum absolute atomic E-state index is 0.0679. The summed E-state index contributed by atoms with van der Waals surface area (Å²) in [6.07, 6.45) is 8.48. The average Bonchev–Trinajstić information content (AvgIpc) is 3.18. The Labute approximate surface area is 195 Å². The fraction of sp³-hybridized carbons (Fsp3) is 0.520. The van der Waals surface area contributed by atoms with E-state index in [1.54, 1.807) is 7.11 Å². The Morgan fingerprint density at radius 1 is 1.18 bits per heavy atom. The highest BCUT2D eigenvalue weighted by molar-refractivity contribution is 6.07. The van der Waals surface area contributed by atoms with E-state index in [1.165, 1.54) is 0 Å². The van der Waals surface area contributed by atoms with Gasteiger partial charge in [0.25, 0.3) is 5.91 Å². The summed E-state index contributed by atoms with van der Waals surface area (Å²) in [6.45, 7) is 9.96. The number of nitrogens with one attached hydrogen (secondary N) is 1. The lowest BCUT2D eigenvalue weighted by Gasteiger charge is -2.31. The molecule has 33 heavy (non-hydrogen) atoms. The molecule has 3 aromatic rings. The average molecular weight is 451 g/mol. The lowest BCUT2D eigenvalue weighted by Crippen LogP contribution is -2.37. The highest BCUT2D eigenvalue weighted by Crippen LogP contribution is 2.26. The number of methoxy groups -OCH3 is 1. The van der Waals surface area contributed by atoms with Crippen LogP contribution < -0.4 is 10.2 Å². The van der Waals surface area contributed by atoms with E-state index >= 15 is 0 Å². The van der Waals surface area contributed by atoms with E-state index in [0.717, 1.165) is 54.2 Å². The van der Waals surface area contributed by atoms with Crippen molar-refractivity contribution < 1.29 is 9.53 Å². The van der Waals surface area contributed by atoms with E-state index in [4.69, 9.17) is 9.72 Å². The zero-order valence-electron chi connectivity index (χ0n) is 20.2. The third-order valence-corrected chi connectivity index (χ3v) is 6.12. The predicted molar refractivity (Wildman–Crippen MR) is 130 cm³/mol. The zero-order valence-corrected chi connectivity index (χ0v) is 20.2. The lowest BCUT2D eigenvalue weighted by molar-refractivity contribution is 0.0816. The summed E-state index contributed by atoms with van der Waals surface area (Å²) in [4.78, 5) is 28.9. The Hall–Kier alpha value is -3.00. The van der Waals surface area contributed by atoms with Crippen LogP contribution in [0.5, 0.6) is 0 Å². The Balaban J connectivity index is 1.58. The van der Waals surface area contributed by atoms with Crippen molar-refractivity contribution in [2.75, 3.05) is 25.1 Å². The maximum Gasteiger partial charge on any atom is 0.253 e. The van der Waals surface area contributed by atoms with Crippen LogP contribution in [0, 0.1) is 0 Å². The predicted octanol–water partition coefficient (Wildman–Crippen LogP) is 3.75. The number of pyridine rings is 1. The molecule has 0 bridgehead atoms. The Morgan fingerprint density at radius 3 is 2.61 bits per heavy atom. The molecular weight excluding hydrogens is 416 g/mol. The molecule has 1 N–H and O–H groups in total. The summed E-state index contributed by atoms with van der Waals surface area (Å²) in [7, 11) is 1.77. The molecule has 8 nitrogen and oxygen atoms in total. The van der Waals surface area contributed by atoms with Gasteiger partial charge in [-0.3, -0.25) is 9.78 Å². The number of hydrogen-bond acceptors (Lipinski definition) is 6. The van der Waals surface area contributed by atoms with Crippen molar-refractivity contribution in [1.29, 1.82) is 0 Å². The first-order valence-corrected chi connectivity index (χ1v) is 11.8. The van der Waals surface area contributed by atoms with Crippen LogP contribution in [-0.2, 0) is 11.2 Å². The molecular formula is C25H34N6O2. The molecule has 8 heteroatoms. The standard InChI is InChI=1S/C25H34N6O2/c1-16(2)28-24(32)22-15-31(17(3)4)23-13-19(27-14-21(22)23)12-18-6-9-26-25(29-18)30-10-7-20(33-5)8-11-30/h6,9,13-17,20H,7-8,10-12H2,1-5H3,(H,28,32). The number of carbonyl (C=O) groups excluding carboxylic acids is 1. The second kappa shape index (κ2) is 9.87. The lowest BCUT2D eigenvalue weighted by atomic mass is 10.1. The van der Waals surface area contributed by atoms with Gasteiger partial charge in [0, 0.05) is 68.4 Å². The first-order valence-electron chi connectivity index (χ1n) is 11.8. The number of piperidine rings is 1. The van der Waals surface area contributed by atoms with Crippen LogP contribution in [-0.4, -0.2) is 57.8 Å². The molecule has 1 saturated heterocycles. The van der Waals surface area contributed by atoms with Crippen LogP contribution >= 0.6 is 0 Å². The summed E-state index contributed by atoms with van der Waals surface area (Å²) >= 11 is 0. The van der Waals surface area contributed by atoms with Crippen molar-refractivity contribution >= 4 is 22.8 Å². The number of nitrogens with zero attached hydrogens (tertiary/aromatic N) is 5. The van der Waals surface area contributed by atoms with Crippen molar-refractivity contribution in [3.05, 3.63) is 47.7 Å². The Kier molecular flexibility index (Phi) is 6.93. The summed E-state index contributed by atoms with van der Waals surface area (Å²) in [5, 5.41) is 3.86. The van der Waals surface area contributed by atoms with Crippen molar-refractivity contribution in [2.24, 2.45) is 0 Å². The van der Waals surface area contributed by atoms with E-state index < -0.39 is 0 Å². The van der Waals surface area contributed by atoms with E-state index in [2.05, 4.69) is 44.7 Å². The van der Waals surface area contributed by atoms with Gasteiger partial charge in [0.1, 0.15) is 0 Å². The minimum atomic E-state index is -0.0679. The molecule has 0 saturated carbocycles. The van der Waals surface area contributed by atoms with E-state index in [1.807, 2.05) is 38.5 Å². The summed E-state index contributed by atoms with van der Waals surface area (Å²) in [6, 6.07) is 4.33. The molecule has 1 aliphatic rings. The maximum atomic E-state index is 12.7. The van der Waals surface area contributed by atoms with Gasteiger partial charge in [-0.2, -0.15) is 0 Å². The number of rotatable bonds is 7. The normalized spacial score (nSPS) is 15.1. The van der Waals surface area contributed by atoms with Gasteiger partial charge < -0.3 is 19.5 Å². The van der Waals surface area contributed by atoms with Crippen molar-refractivity contribution in [3.8, 4) is 0 Å². The third-order valence-electron chi connectivity index (χ3n) is 6.12. The molecule has 4 rings (SSSR count). The van der Waals surface area contributed by atoms with Crippen LogP contribution in [0.2, 0.25) is 0 Å². The van der Waals surface area contributed by atoms with Crippen LogP contribution in [0.15, 0.2) is 30.7 Å². The number of hydrogen-bond donors (Lipinski definition) is 1. The van der Waals surface area contributed by atoms with Crippen LogP contribution in [0.3, 0.4) is 0 Å². The number of carbonyl (C=O) groups is 1. The summed E-state index contributed by atoms with van der Waals surface area (Å²) in [5.74, 6) is 0.697. The minimum Gasteiger partial charge on any atom is -0.381 e. The van der Waals surface area contributed by atoms with Gasteiger partial charge in [0.05, 0.1) is 22.9 Å². The van der Waals surface area contributed by atoms with Gasteiger partial charge in [0.2, 0.25) is 5.95 Å². The van der Waals surface area contributed by atoms with Gasteiger partial charge in [-0.25, -0.2) is 9.97 Å². The van der Waals surface area contributed by atoms with Crippen LogP contribution in [0.1, 0.15) is 68.3 Å². The molecule has 3 aromatic heterocycles. The first kappa shape index (κ1) is 23.2. The summed E-state index contributed by atoms with van der Waals surface area (Å²) < 4.78 is 7.61. The largest absolute Gasteiger partial charge is 0.381 e. The number of fused-ring (bicyclic) bond motifs is 1. The van der Waals surface area contributed by atoms with E-state index in [0.29, 0.717) is 18.1 Å². The second-order valence-electron chi connectivity index (χ2n) is 9.31. The molecule has 0 aliphatic carbocycles. The topological polar surface area (TPSA) is 85.2 Å². The number of anilines is 1. The highest BCUT2D eigenvalue weighted by atomic mass is 16.5. The molecule has 4 heterocycles. The van der Waals surface area contributed by atoms with E-state index in [9.17, 15) is 4.79 Å². The van der Waals surface area contributed by atoms with Gasteiger partial charge in [-0.15, -0.1) is 0 Å². The van der Waals surface area contributed by atoms with Gasteiger partial charge in [-0.1, -0.05) is 0 Å². The maximum absolute atomic E-state index is 12.7. The molecule has 0 spiro atoms. The number of ether oxygens (including phenoxy) is 1. The molecule has 1 aliphatic heterocycles. The zero-order chi connectivity index (χ0) is 23.5. The molecule has 1 fully saturated rings. The smallest absolute Gasteiger partial charge is 0.253 e. The van der Waals surface area contributed by atoms with Gasteiger partial charge >= 0.3 is 0 Å². The SMILES string of the molecule is COC1CCN(c2nccc(Cc3cc4c(cn3)c(C(=O)NC(C)C)cn4C(C)C)n2)CC1. The Bertz CT molecular complexity index is 1120. The molecule has 0 atom stereocenters. The first-order chi connectivity index (χ1) is 15.9. The van der Waals surface area contributed by atoms with Gasteiger partial charge in [0.15, 0.2) is 0 Å². The Morgan fingerprint density at radius 2 is 1.94 bits per heavy atom. The quantitative estimate of drug-likeness (QED) is 0.590. The molecule has 176 valence electrons. The molecule has 0 unspecified atom stereocenters. The van der Waals surface area contributed by atoms with Crippen molar-refractivity contribution in [2.45, 2.75) is 65.1 Å². The van der Waals surface area contributed by atoms with Crippen molar-refractivity contribution in [3.63, 3.8) is 0 Å². The third kappa shape index (κ3) is 5.16. The monoisotopic (exact) mass is 450 g/mol.